The van der Waals surface area contributed by atoms with Crippen molar-refractivity contribution in [2.24, 2.45) is 0 Å². The molecule has 0 N–H and O–H groups in total. The van der Waals surface area contributed by atoms with Crippen LogP contribution < -0.4 is 0 Å². The zero-order chi connectivity index (χ0) is 41.5. The van der Waals surface area contributed by atoms with Crippen LogP contribution in [0.1, 0.15) is 278 Å². The molecule has 57 heavy (non-hydrogen) atoms. The summed E-state index contributed by atoms with van der Waals surface area (Å²) in [5.74, 6) is -0.872. The lowest BCUT2D eigenvalue weighted by Crippen LogP contribution is -2.30. The third-order valence-electron chi connectivity index (χ3n) is 11.3. The SMILES string of the molecule is CCCCCCCC/C=C\CCCCCC(=O)OCC(COC(=O)CCCCCCCCCCCCCCC)OC(=O)CCCCCCCCCCCCCCC. The minimum atomic E-state index is -0.768. The van der Waals surface area contributed by atoms with E-state index in [-0.39, 0.29) is 31.1 Å². The lowest BCUT2D eigenvalue weighted by Gasteiger charge is -2.18. The molecule has 0 saturated carbocycles. The van der Waals surface area contributed by atoms with Crippen molar-refractivity contribution < 1.29 is 28.6 Å². The summed E-state index contributed by atoms with van der Waals surface area (Å²) in [5.41, 5.74) is 0. The van der Waals surface area contributed by atoms with Crippen LogP contribution in [0.2, 0.25) is 0 Å². The first-order chi connectivity index (χ1) is 28.0. The minimum absolute atomic E-state index is 0.0695. The molecule has 0 heterocycles. The molecule has 0 spiro atoms. The quantitative estimate of drug-likeness (QED) is 0.0264. The maximum atomic E-state index is 12.8. The molecule has 6 nitrogen and oxygen atoms in total. The Hall–Kier alpha value is -1.85. The summed E-state index contributed by atoms with van der Waals surface area (Å²) >= 11 is 0. The summed E-state index contributed by atoms with van der Waals surface area (Å²) in [7, 11) is 0. The van der Waals surface area contributed by atoms with Crippen molar-refractivity contribution in [1.82, 2.24) is 0 Å². The summed E-state index contributed by atoms with van der Waals surface area (Å²) in [5, 5.41) is 0. The number of hydrogen-bond acceptors (Lipinski definition) is 6. The molecule has 0 aliphatic heterocycles. The van der Waals surface area contributed by atoms with E-state index >= 15 is 0 Å². The van der Waals surface area contributed by atoms with E-state index in [1.54, 1.807) is 0 Å². The van der Waals surface area contributed by atoms with Crippen LogP contribution in [0.25, 0.3) is 0 Å². The van der Waals surface area contributed by atoms with Crippen molar-refractivity contribution in [2.45, 2.75) is 284 Å². The predicted octanol–water partition coefficient (Wildman–Crippen LogP) is 16.2. The Morgan fingerprint density at radius 3 is 0.895 bits per heavy atom. The highest BCUT2D eigenvalue weighted by Gasteiger charge is 2.19. The summed E-state index contributed by atoms with van der Waals surface area (Å²) in [4.78, 5) is 37.9. The maximum absolute atomic E-state index is 12.8. The second-order valence-electron chi connectivity index (χ2n) is 17.1. The van der Waals surface area contributed by atoms with Gasteiger partial charge in [0, 0.05) is 19.3 Å². The number of rotatable bonds is 46. The van der Waals surface area contributed by atoms with Crippen LogP contribution in [0, 0.1) is 0 Å². The predicted molar refractivity (Wildman–Crippen MR) is 243 cm³/mol. The van der Waals surface area contributed by atoms with E-state index in [4.69, 9.17) is 14.2 Å². The Balaban J connectivity index is 4.35. The van der Waals surface area contributed by atoms with Crippen LogP contribution in [-0.4, -0.2) is 37.2 Å². The molecular formula is C51H96O6. The van der Waals surface area contributed by atoms with Crippen LogP contribution in [0.4, 0.5) is 0 Å². The molecule has 0 fully saturated rings. The Kier molecular flexibility index (Phi) is 45.3. The van der Waals surface area contributed by atoms with Gasteiger partial charge in [0.15, 0.2) is 6.10 Å². The van der Waals surface area contributed by atoms with Crippen molar-refractivity contribution in [3.63, 3.8) is 0 Å². The van der Waals surface area contributed by atoms with Crippen LogP contribution in [0.15, 0.2) is 12.2 Å². The topological polar surface area (TPSA) is 78.9 Å². The molecule has 0 rings (SSSR count). The molecule has 0 aromatic carbocycles. The molecule has 1 unspecified atom stereocenters. The highest BCUT2D eigenvalue weighted by atomic mass is 16.6. The van der Waals surface area contributed by atoms with Gasteiger partial charge in [-0.3, -0.25) is 14.4 Å². The van der Waals surface area contributed by atoms with Gasteiger partial charge in [-0.15, -0.1) is 0 Å². The first-order valence-electron chi connectivity index (χ1n) is 25.2. The van der Waals surface area contributed by atoms with E-state index in [0.717, 1.165) is 64.2 Å². The molecule has 0 aromatic heterocycles. The van der Waals surface area contributed by atoms with E-state index in [0.29, 0.717) is 19.3 Å². The fraction of sp³-hybridized carbons (Fsp3) is 0.902. The van der Waals surface area contributed by atoms with Crippen LogP contribution in [0.3, 0.4) is 0 Å². The summed E-state index contributed by atoms with van der Waals surface area (Å²) in [6, 6.07) is 0. The fourth-order valence-electron chi connectivity index (χ4n) is 7.44. The molecule has 0 aromatic rings. The molecule has 0 saturated heterocycles. The number of esters is 3. The van der Waals surface area contributed by atoms with Crippen LogP contribution in [0.5, 0.6) is 0 Å². The lowest BCUT2D eigenvalue weighted by atomic mass is 10.0. The maximum Gasteiger partial charge on any atom is 0.306 e. The van der Waals surface area contributed by atoms with Crippen molar-refractivity contribution >= 4 is 17.9 Å². The third-order valence-corrected chi connectivity index (χ3v) is 11.3. The average Bonchev–Trinajstić information content (AvgIpc) is 3.21. The van der Waals surface area contributed by atoms with Gasteiger partial charge in [0.2, 0.25) is 0 Å². The molecule has 6 heteroatoms. The Labute approximate surface area is 354 Å². The highest BCUT2D eigenvalue weighted by molar-refractivity contribution is 5.71. The molecule has 0 amide bonds. The summed E-state index contributed by atoms with van der Waals surface area (Å²) in [6.07, 6.45) is 50.4. The van der Waals surface area contributed by atoms with Gasteiger partial charge in [0.05, 0.1) is 0 Å². The average molecular weight is 805 g/mol. The first kappa shape index (κ1) is 55.2. The number of ether oxygens (including phenoxy) is 3. The van der Waals surface area contributed by atoms with Gasteiger partial charge in [-0.05, 0) is 44.9 Å². The molecule has 0 bridgehead atoms. The number of carbonyl (C=O) groups excluding carboxylic acids is 3. The van der Waals surface area contributed by atoms with Gasteiger partial charge in [0.1, 0.15) is 13.2 Å². The monoisotopic (exact) mass is 805 g/mol. The van der Waals surface area contributed by atoms with Gasteiger partial charge in [-0.25, -0.2) is 0 Å². The number of hydrogen-bond donors (Lipinski definition) is 0. The van der Waals surface area contributed by atoms with Crippen LogP contribution in [-0.2, 0) is 28.6 Å². The third kappa shape index (κ3) is 45.1. The molecular weight excluding hydrogens is 709 g/mol. The van der Waals surface area contributed by atoms with E-state index in [9.17, 15) is 14.4 Å². The first-order valence-corrected chi connectivity index (χ1v) is 25.2. The van der Waals surface area contributed by atoms with Crippen molar-refractivity contribution in [3.8, 4) is 0 Å². The highest BCUT2D eigenvalue weighted by Crippen LogP contribution is 2.16. The van der Waals surface area contributed by atoms with Crippen molar-refractivity contribution in [3.05, 3.63) is 12.2 Å². The Morgan fingerprint density at radius 2 is 0.579 bits per heavy atom. The van der Waals surface area contributed by atoms with Gasteiger partial charge < -0.3 is 14.2 Å². The Bertz CT molecular complexity index is 885. The van der Waals surface area contributed by atoms with Crippen LogP contribution >= 0.6 is 0 Å². The molecule has 336 valence electrons. The van der Waals surface area contributed by atoms with Gasteiger partial charge >= 0.3 is 17.9 Å². The van der Waals surface area contributed by atoms with Crippen molar-refractivity contribution in [1.29, 1.82) is 0 Å². The molecule has 0 radical (unpaired) electrons. The van der Waals surface area contributed by atoms with Gasteiger partial charge in [0.25, 0.3) is 0 Å². The fourth-order valence-corrected chi connectivity index (χ4v) is 7.44. The number of allylic oxidation sites excluding steroid dienone is 2. The molecule has 1 atom stereocenters. The van der Waals surface area contributed by atoms with Gasteiger partial charge in [-0.1, -0.05) is 226 Å². The summed E-state index contributed by atoms with van der Waals surface area (Å²) in [6.45, 7) is 6.64. The smallest absolute Gasteiger partial charge is 0.306 e. The molecule has 0 aliphatic rings. The lowest BCUT2D eigenvalue weighted by molar-refractivity contribution is -0.167. The van der Waals surface area contributed by atoms with E-state index in [1.165, 1.54) is 173 Å². The standard InChI is InChI=1S/C51H96O6/c1-4-7-10-13-16-19-22-25-28-31-34-37-40-43-49(52)55-46-48(57-51(54)45-42-39-36-33-30-27-24-21-18-15-12-9-6-3)47-56-50(53)44-41-38-35-32-29-26-23-20-17-14-11-8-5-2/h25,28,48H,4-24,26-27,29-47H2,1-3H3/b28-25-. The minimum Gasteiger partial charge on any atom is -0.462 e. The zero-order valence-electron chi connectivity index (χ0n) is 38.4. The second kappa shape index (κ2) is 46.8. The van der Waals surface area contributed by atoms with E-state index in [1.807, 2.05) is 0 Å². The second-order valence-corrected chi connectivity index (χ2v) is 17.1. The number of carbonyl (C=O) groups is 3. The van der Waals surface area contributed by atoms with E-state index in [2.05, 4.69) is 32.9 Å². The van der Waals surface area contributed by atoms with Gasteiger partial charge in [-0.2, -0.15) is 0 Å². The zero-order valence-corrected chi connectivity index (χ0v) is 38.4. The Morgan fingerprint density at radius 1 is 0.333 bits per heavy atom. The summed E-state index contributed by atoms with van der Waals surface area (Å²) < 4.78 is 16.8. The van der Waals surface area contributed by atoms with E-state index < -0.39 is 6.10 Å². The largest absolute Gasteiger partial charge is 0.462 e. The normalized spacial score (nSPS) is 12.0. The molecule has 0 aliphatic carbocycles. The van der Waals surface area contributed by atoms with Crippen molar-refractivity contribution in [2.75, 3.05) is 13.2 Å². The number of unbranched alkanes of at least 4 members (excludes halogenated alkanes) is 33.